The van der Waals surface area contributed by atoms with E-state index in [1.807, 2.05) is 31.2 Å². The predicted molar refractivity (Wildman–Crippen MR) is 110 cm³/mol. The second-order valence-electron chi connectivity index (χ2n) is 6.92. The van der Waals surface area contributed by atoms with Crippen molar-refractivity contribution in [2.45, 2.75) is 19.8 Å². The molecule has 28 heavy (non-hydrogen) atoms. The molecule has 0 spiro atoms. The van der Waals surface area contributed by atoms with Gasteiger partial charge in [-0.15, -0.1) is 0 Å². The van der Waals surface area contributed by atoms with Crippen LogP contribution in [-0.2, 0) is 17.6 Å². The van der Waals surface area contributed by atoms with Crippen molar-refractivity contribution in [3.8, 4) is 17.1 Å². The van der Waals surface area contributed by atoms with Crippen molar-refractivity contribution in [2.24, 2.45) is 0 Å². The molecule has 1 amide bonds. The summed E-state index contributed by atoms with van der Waals surface area (Å²) in [7, 11) is 0. The number of aromatic nitrogens is 1. The van der Waals surface area contributed by atoms with Gasteiger partial charge in [0.15, 0.2) is 5.13 Å². The first-order valence-corrected chi connectivity index (χ1v) is 9.97. The predicted octanol–water partition coefficient (Wildman–Crippen LogP) is 4.98. The maximum absolute atomic E-state index is 12.5. The average molecular weight is 390 g/mol. The topological polar surface area (TPSA) is 64.4 Å². The number of hydrogen-bond donors (Lipinski definition) is 1. The number of nitrogens with zero attached hydrogens (tertiary/aromatic N) is 1. The molecule has 0 saturated heterocycles. The summed E-state index contributed by atoms with van der Waals surface area (Å²) in [6.45, 7) is 2.76. The number of amides is 1. The molecule has 0 atom stereocenters. The first-order chi connectivity index (χ1) is 13.7. The van der Waals surface area contributed by atoms with Gasteiger partial charge in [-0.3, -0.25) is 4.79 Å². The number of ether oxygens (including phenoxy) is 1. The number of aryl methyl sites for hydroxylation is 1. The van der Waals surface area contributed by atoms with Crippen LogP contribution in [0.3, 0.4) is 0 Å². The van der Waals surface area contributed by atoms with Crippen molar-refractivity contribution in [3.05, 3.63) is 65.4 Å². The standard InChI is InChI=1S/C22H18N2O3S/c1-13-9-16(18-3-2-7-26-18)21-19(10-13)28-22(24-21)23-20(25)12-14-4-5-17-15(11-14)6-8-27-17/h2-5,7,9-11H,6,8,12H2,1H3,(H,23,24,25). The van der Waals surface area contributed by atoms with Gasteiger partial charge < -0.3 is 14.5 Å². The Morgan fingerprint density at radius 2 is 2.18 bits per heavy atom. The van der Waals surface area contributed by atoms with Crippen LogP contribution < -0.4 is 10.1 Å². The van der Waals surface area contributed by atoms with Gasteiger partial charge in [-0.2, -0.15) is 0 Å². The molecule has 5 rings (SSSR count). The zero-order chi connectivity index (χ0) is 19.1. The summed E-state index contributed by atoms with van der Waals surface area (Å²) in [5, 5.41) is 3.55. The lowest BCUT2D eigenvalue weighted by atomic mass is 10.1. The molecule has 0 aliphatic carbocycles. The molecule has 0 bridgehead atoms. The van der Waals surface area contributed by atoms with Gasteiger partial charge in [0.2, 0.25) is 5.91 Å². The molecule has 1 aliphatic heterocycles. The van der Waals surface area contributed by atoms with E-state index in [1.54, 1.807) is 6.26 Å². The highest BCUT2D eigenvalue weighted by molar-refractivity contribution is 7.22. The molecule has 3 heterocycles. The molecule has 2 aromatic carbocycles. The average Bonchev–Trinajstić information content (AvgIpc) is 3.40. The first-order valence-electron chi connectivity index (χ1n) is 9.15. The molecule has 6 heteroatoms. The Kier molecular flexibility index (Phi) is 4.13. The van der Waals surface area contributed by atoms with E-state index in [-0.39, 0.29) is 5.91 Å². The number of furan rings is 1. The molecule has 0 unspecified atom stereocenters. The van der Waals surface area contributed by atoms with Crippen LogP contribution in [0.25, 0.3) is 21.5 Å². The van der Waals surface area contributed by atoms with Crippen LogP contribution >= 0.6 is 11.3 Å². The summed E-state index contributed by atoms with van der Waals surface area (Å²) in [5.74, 6) is 1.63. The summed E-state index contributed by atoms with van der Waals surface area (Å²) < 4.78 is 12.1. The van der Waals surface area contributed by atoms with Crippen molar-refractivity contribution in [1.82, 2.24) is 4.98 Å². The molecule has 4 aromatic rings. The van der Waals surface area contributed by atoms with Crippen LogP contribution in [0.15, 0.2) is 53.1 Å². The van der Waals surface area contributed by atoms with Crippen LogP contribution in [0.1, 0.15) is 16.7 Å². The highest BCUT2D eigenvalue weighted by Crippen LogP contribution is 2.35. The van der Waals surface area contributed by atoms with Crippen molar-refractivity contribution in [1.29, 1.82) is 0 Å². The molecule has 1 N–H and O–H groups in total. The monoisotopic (exact) mass is 390 g/mol. The third kappa shape index (κ3) is 3.16. The quantitative estimate of drug-likeness (QED) is 0.534. The maximum atomic E-state index is 12.5. The van der Waals surface area contributed by atoms with Crippen molar-refractivity contribution < 1.29 is 13.9 Å². The lowest BCUT2D eigenvalue weighted by Crippen LogP contribution is -2.14. The van der Waals surface area contributed by atoms with Gasteiger partial charge in [0.25, 0.3) is 0 Å². The van der Waals surface area contributed by atoms with Gasteiger partial charge in [-0.25, -0.2) is 4.98 Å². The number of carbonyl (C=O) groups excluding carboxylic acids is 1. The minimum atomic E-state index is -0.0748. The fourth-order valence-electron chi connectivity index (χ4n) is 3.54. The van der Waals surface area contributed by atoms with Crippen molar-refractivity contribution >= 4 is 32.6 Å². The van der Waals surface area contributed by atoms with E-state index in [9.17, 15) is 4.79 Å². The number of rotatable bonds is 4. The van der Waals surface area contributed by atoms with Crippen LogP contribution in [0.5, 0.6) is 5.75 Å². The van der Waals surface area contributed by atoms with E-state index >= 15 is 0 Å². The van der Waals surface area contributed by atoms with E-state index < -0.39 is 0 Å². The number of carbonyl (C=O) groups is 1. The normalized spacial score (nSPS) is 12.8. The fraction of sp³-hybridized carbons (Fsp3) is 0.182. The third-order valence-corrected chi connectivity index (χ3v) is 5.71. The Morgan fingerprint density at radius 1 is 1.25 bits per heavy atom. The van der Waals surface area contributed by atoms with E-state index in [4.69, 9.17) is 9.15 Å². The molecule has 0 radical (unpaired) electrons. The molecule has 0 fully saturated rings. The maximum Gasteiger partial charge on any atom is 0.230 e. The van der Waals surface area contributed by atoms with Gasteiger partial charge in [0, 0.05) is 12.0 Å². The molecule has 5 nitrogen and oxygen atoms in total. The highest BCUT2D eigenvalue weighted by Gasteiger charge is 2.16. The molecule has 140 valence electrons. The molecule has 1 aliphatic rings. The largest absolute Gasteiger partial charge is 0.493 e. The summed E-state index contributed by atoms with van der Waals surface area (Å²) in [5.41, 5.74) is 5.06. The number of hydrogen-bond acceptors (Lipinski definition) is 5. The molecular weight excluding hydrogens is 372 g/mol. The number of benzene rings is 2. The molecule has 2 aromatic heterocycles. The second-order valence-corrected chi connectivity index (χ2v) is 7.95. The number of thiazole rings is 1. The number of nitrogens with one attached hydrogen (secondary N) is 1. The Bertz CT molecular complexity index is 1180. The van der Waals surface area contributed by atoms with E-state index in [0.29, 0.717) is 18.2 Å². The van der Waals surface area contributed by atoms with Gasteiger partial charge in [0.1, 0.15) is 11.5 Å². The zero-order valence-electron chi connectivity index (χ0n) is 15.3. The van der Waals surface area contributed by atoms with Crippen LogP contribution in [0, 0.1) is 6.92 Å². The van der Waals surface area contributed by atoms with Gasteiger partial charge in [0.05, 0.1) is 29.5 Å². The zero-order valence-corrected chi connectivity index (χ0v) is 16.1. The van der Waals surface area contributed by atoms with Gasteiger partial charge >= 0.3 is 0 Å². The number of fused-ring (bicyclic) bond motifs is 2. The van der Waals surface area contributed by atoms with E-state index in [0.717, 1.165) is 44.8 Å². The Hall–Kier alpha value is -3.12. The Morgan fingerprint density at radius 3 is 3.04 bits per heavy atom. The number of anilines is 1. The first kappa shape index (κ1) is 17.0. The van der Waals surface area contributed by atoms with E-state index in [1.165, 1.54) is 16.9 Å². The lowest BCUT2D eigenvalue weighted by molar-refractivity contribution is -0.115. The Balaban J connectivity index is 1.39. The van der Waals surface area contributed by atoms with Gasteiger partial charge in [-0.1, -0.05) is 23.5 Å². The van der Waals surface area contributed by atoms with Crippen molar-refractivity contribution in [2.75, 3.05) is 11.9 Å². The summed E-state index contributed by atoms with van der Waals surface area (Å²) in [6, 6.07) is 13.9. The van der Waals surface area contributed by atoms with Crippen molar-refractivity contribution in [3.63, 3.8) is 0 Å². The third-order valence-electron chi connectivity index (χ3n) is 4.79. The van der Waals surface area contributed by atoms with E-state index in [2.05, 4.69) is 28.5 Å². The second kappa shape index (κ2) is 6.80. The fourth-order valence-corrected chi connectivity index (χ4v) is 4.55. The smallest absolute Gasteiger partial charge is 0.230 e. The Labute approximate surface area is 166 Å². The minimum Gasteiger partial charge on any atom is -0.493 e. The van der Waals surface area contributed by atoms with Crippen LogP contribution in [-0.4, -0.2) is 17.5 Å². The van der Waals surface area contributed by atoms with Crippen LogP contribution in [0.2, 0.25) is 0 Å². The summed E-state index contributed by atoms with van der Waals surface area (Å²) >= 11 is 1.48. The molecular formula is C22H18N2O3S. The minimum absolute atomic E-state index is 0.0748. The molecule has 0 saturated carbocycles. The highest BCUT2D eigenvalue weighted by atomic mass is 32.1. The summed E-state index contributed by atoms with van der Waals surface area (Å²) in [6.07, 6.45) is 2.87. The lowest BCUT2D eigenvalue weighted by Gasteiger charge is -2.04. The van der Waals surface area contributed by atoms with Crippen LogP contribution in [0.4, 0.5) is 5.13 Å². The van der Waals surface area contributed by atoms with Gasteiger partial charge in [-0.05, 0) is 53.9 Å². The summed E-state index contributed by atoms with van der Waals surface area (Å²) in [4.78, 5) is 17.2. The SMILES string of the molecule is Cc1cc(-c2ccco2)c2nc(NC(=O)Cc3ccc4c(c3)CCO4)sc2c1.